The van der Waals surface area contributed by atoms with Crippen LogP contribution < -0.4 is 10.9 Å². The molecule has 0 bridgehead atoms. The number of hydrogen-bond donors (Lipinski definition) is 2. The molecule has 1 unspecified atom stereocenters. The number of carbonyl (C=O) groups excluding carboxylic acids is 1. The van der Waals surface area contributed by atoms with Crippen LogP contribution >= 0.6 is 23.4 Å². The Hall–Kier alpha value is -2.84. The number of para-hydroxylation sites is 1. The minimum Gasteiger partial charge on any atom is -0.478 e. The quantitative estimate of drug-likeness (QED) is 0.416. The van der Waals surface area contributed by atoms with Gasteiger partial charge in [-0.15, -0.1) is 0 Å². The molecule has 2 N–H and O–H groups in total. The van der Waals surface area contributed by atoms with E-state index in [0.717, 1.165) is 0 Å². The highest BCUT2D eigenvalue weighted by Gasteiger charge is 2.22. The Labute approximate surface area is 182 Å². The summed E-state index contributed by atoms with van der Waals surface area (Å²) in [6.45, 7) is 4.14. The minimum atomic E-state index is -1.18. The second kappa shape index (κ2) is 9.32. The molecular formula is C21H20ClN3O4S. The third kappa shape index (κ3) is 4.49. The number of carboxylic acid groups (broad SMARTS) is 1. The lowest BCUT2D eigenvalue weighted by molar-refractivity contribution is -0.115. The summed E-state index contributed by atoms with van der Waals surface area (Å²) in [6.07, 6.45) is 0.488. The summed E-state index contributed by atoms with van der Waals surface area (Å²) in [7, 11) is 0. The van der Waals surface area contributed by atoms with E-state index in [1.807, 2.05) is 19.9 Å². The second-order valence-electron chi connectivity index (χ2n) is 6.46. The molecule has 0 spiro atoms. The highest BCUT2D eigenvalue weighted by Crippen LogP contribution is 2.27. The van der Waals surface area contributed by atoms with E-state index in [1.54, 1.807) is 28.8 Å². The molecule has 3 rings (SSSR count). The number of amides is 1. The number of benzene rings is 2. The van der Waals surface area contributed by atoms with Crippen LogP contribution in [-0.2, 0) is 11.3 Å². The first-order chi connectivity index (χ1) is 14.3. The fourth-order valence-corrected chi connectivity index (χ4v) is 4.23. The Balaban J connectivity index is 1.88. The number of fused-ring (bicyclic) bond motifs is 1. The van der Waals surface area contributed by atoms with Crippen molar-refractivity contribution in [1.29, 1.82) is 0 Å². The van der Waals surface area contributed by atoms with Gasteiger partial charge in [0.05, 0.1) is 26.7 Å². The summed E-state index contributed by atoms with van der Waals surface area (Å²) < 4.78 is 1.55. The van der Waals surface area contributed by atoms with Crippen molar-refractivity contribution in [2.75, 3.05) is 5.32 Å². The summed E-state index contributed by atoms with van der Waals surface area (Å²) in [5, 5.41) is 12.5. The molecule has 1 heterocycles. The van der Waals surface area contributed by atoms with Crippen LogP contribution in [0.2, 0.25) is 5.02 Å². The normalized spacial score (nSPS) is 12.0. The maximum Gasteiger partial charge on any atom is 0.337 e. The van der Waals surface area contributed by atoms with Gasteiger partial charge in [0.1, 0.15) is 0 Å². The molecule has 30 heavy (non-hydrogen) atoms. The molecule has 1 atom stereocenters. The molecule has 156 valence electrons. The Kier molecular flexibility index (Phi) is 6.79. The summed E-state index contributed by atoms with van der Waals surface area (Å²) in [5.74, 6) is -1.49. The number of aromatic carboxylic acids is 1. The van der Waals surface area contributed by atoms with Gasteiger partial charge in [-0.1, -0.05) is 42.4 Å². The Morgan fingerprint density at radius 2 is 1.97 bits per heavy atom. The van der Waals surface area contributed by atoms with Crippen molar-refractivity contribution in [2.45, 2.75) is 37.2 Å². The monoisotopic (exact) mass is 445 g/mol. The Morgan fingerprint density at radius 3 is 2.63 bits per heavy atom. The topological polar surface area (TPSA) is 101 Å². The average Bonchev–Trinajstić information content (AvgIpc) is 2.73. The van der Waals surface area contributed by atoms with Gasteiger partial charge in [-0.05, 0) is 43.7 Å². The third-order valence-electron chi connectivity index (χ3n) is 4.52. The Bertz CT molecular complexity index is 1180. The lowest BCUT2D eigenvalue weighted by Gasteiger charge is -2.17. The number of nitrogens with zero attached hydrogens (tertiary/aromatic N) is 2. The zero-order valence-electron chi connectivity index (χ0n) is 16.4. The number of nitrogens with one attached hydrogen (secondary N) is 1. The summed E-state index contributed by atoms with van der Waals surface area (Å²) in [5.41, 5.74) is 0.671. The number of carboxylic acids is 1. The number of hydrogen-bond acceptors (Lipinski definition) is 5. The smallest absolute Gasteiger partial charge is 0.337 e. The molecule has 0 fully saturated rings. The molecule has 7 nitrogen and oxygen atoms in total. The van der Waals surface area contributed by atoms with Crippen molar-refractivity contribution in [3.63, 3.8) is 0 Å². The number of aromatic nitrogens is 2. The molecule has 0 aliphatic carbocycles. The number of carbonyl (C=O) groups is 2. The van der Waals surface area contributed by atoms with Gasteiger partial charge in [0.15, 0.2) is 5.16 Å². The molecule has 3 aromatic rings. The molecule has 9 heteroatoms. The summed E-state index contributed by atoms with van der Waals surface area (Å²) >= 11 is 7.09. The summed E-state index contributed by atoms with van der Waals surface area (Å²) in [4.78, 5) is 41.5. The molecular weight excluding hydrogens is 426 g/mol. The van der Waals surface area contributed by atoms with E-state index < -0.39 is 11.2 Å². The van der Waals surface area contributed by atoms with Crippen LogP contribution in [0.4, 0.5) is 5.69 Å². The van der Waals surface area contributed by atoms with Gasteiger partial charge in [-0.25, -0.2) is 9.78 Å². The first-order valence-electron chi connectivity index (χ1n) is 9.35. The highest BCUT2D eigenvalue weighted by molar-refractivity contribution is 8.00. The van der Waals surface area contributed by atoms with Gasteiger partial charge in [0.25, 0.3) is 5.56 Å². The van der Waals surface area contributed by atoms with Crippen molar-refractivity contribution in [3.05, 3.63) is 63.4 Å². The summed E-state index contributed by atoms with van der Waals surface area (Å²) in [6, 6.07) is 11.4. The fraction of sp³-hybridized carbons (Fsp3) is 0.238. The molecule has 0 saturated heterocycles. The van der Waals surface area contributed by atoms with Crippen LogP contribution in [0.3, 0.4) is 0 Å². The van der Waals surface area contributed by atoms with E-state index >= 15 is 0 Å². The van der Waals surface area contributed by atoms with Crippen LogP contribution in [0.25, 0.3) is 10.9 Å². The van der Waals surface area contributed by atoms with Crippen molar-refractivity contribution in [3.8, 4) is 0 Å². The molecule has 1 amide bonds. The van der Waals surface area contributed by atoms with Gasteiger partial charge in [0.2, 0.25) is 5.91 Å². The fourth-order valence-electron chi connectivity index (χ4n) is 2.96. The van der Waals surface area contributed by atoms with Crippen molar-refractivity contribution in [1.82, 2.24) is 9.55 Å². The predicted octanol–water partition coefficient (Wildman–Crippen LogP) is 4.28. The van der Waals surface area contributed by atoms with Gasteiger partial charge >= 0.3 is 5.97 Å². The number of rotatable bonds is 7. The predicted molar refractivity (Wildman–Crippen MR) is 119 cm³/mol. The van der Waals surface area contributed by atoms with E-state index in [1.165, 1.54) is 23.9 Å². The van der Waals surface area contributed by atoms with E-state index in [2.05, 4.69) is 10.3 Å². The molecule has 0 aliphatic heterocycles. The maximum absolute atomic E-state index is 12.8. The molecule has 0 aliphatic rings. The number of anilines is 1. The number of halogens is 1. The van der Waals surface area contributed by atoms with Gasteiger partial charge in [-0.2, -0.15) is 0 Å². The van der Waals surface area contributed by atoms with Crippen LogP contribution in [0.15, 0.2) is 52.4 Å². The van der Waals surface area contributed by atoms with Crippen molar-refractivity contribution >= 4 is 51.8 Å². The van der Waals surface area contributed by atoms with Crippen LogP contribution in [0.5, 0.6) is 0 Å². The largest absolute Gasteiger partial charge is 0.478 e. The Morgan fingerprint density at radius 1 is 1.23 bits per heavy atom. The average molecular weight is 446 g/mol. The van der Waals surface area contributed by atoms with Gasteiger partial charge in [0, 0.05) is 12.2 Å². The van der Waals surface area contributed by atoms with Crippen LogP contribution in [-0.4, -0.2) is 31.8 Å². The number of thioether (sulfide) groups is 1. The van der Waals surface area contributed by atoms with E-state index in [4.69, 9.17) is 11.6 Å². The first kappa shape index (κ1) is 21.9. The second-order valence-corrected chi connectivity index (χ2v) is 8.04. The molecule has 2 aromatic carbocycles. The van der Waals surface area contributed by atoms with E-state index in [9.17, 15) is 19.5 Å². The van der Waals surface area contributed by atoms with E-state index in [0.29, 0.717) is 34.7 Å². The SMILES string of the molecule is CCC(Sc1nc2ccccc2c(=O)n1CC)C(=O)Nc1ccc(Cl)c(C(=O)O)c1. The zero-order chi connectivity index (χ0) is 21.8. The van der Waals surface area contributed by atoms with Crippen LogP contribution in [0.1, 0.15) is 30.6 Å². The standard InChI is InChI=1S/C21H20ClN3O4S/c1-3-17(18(26)23-12-9-10-15(22)14(11-12)20(28)29)30-21-24-16-8-6-5-7-13(16)19(27)25(21)4-2/h5-11,17H,3-4H2,1-2H3,(H,23,26)(H,28,29). The molecule has 0 saturated carbocycles. The third-order valence-corrected chi connectivity index (χ3v) is 6.20. The maximum atomic E-state index is 12.8. The lowest BCUT2D eigenvalue weighted by atomic mass is 10.2. The van der Waals surface area contributed by atoms with Gasteiger partial charge < -0.3 is 10.4 Å². The van der Waals surface area contributed by atoms with Crippen molar-refractivity contribution < 1.29 is 14.7 Å². The van der Waals surface area contributed by atoms with Gasteiger partial charge in [-0.3, -0.25) is 14.2 Å². The zero-order valence-corrected chi connectivity index (χ0v) is 18.0. The molecule has 0 radical (unpaired) electrons. The molecule has 1 aromatic heterocycles. The van der Waals surface area contributed by atoms with Crippen LogP contribution in [0, 0.1) is 0 Å². The highest BCUT2D eigenvalue weighted by atomic mass is 35.5. The van der Waals surface area contributed by atoms with Crippen molar-refractivity contribution in [2.24, 2.45) is 0 Å². The lowest BCUT2D eigenvalue weighted by Crippen LogP contribution is -2.28. The minimum absolute atomic E-state index is 0.0915. The first-order valence-corrected chi connectivity index (χ1v) is 10.6. The van der Waals surface area contributed by atoms with E-state index in [-0.39, 0.29) is 22.1 Å².